The van der Waals surface area contributed by atoms with Crippen LogP contribution in [0.4, 0.5) is 0 Å². The van der Waals surface area contributed by atoms with Crippen LogP contribution in [0.2, 0.25) is 0 Å². The fraction of sp³-hybridized carbons (Fsp3) is 0.611. The Bertz CT molecular complexity index is 469. The Morgan fingerprint density at radius 2 is 1.76 bits per heavy atom. The minimum atomic E-state index is 0. The van der Waals surface area contributed by atoms with E-state index in [4.69, 9.17) is 9.47 Å². The average Bonchev–Trinajstić information content (AvgIpc) is 2.59. The zero-order valence-corrected chi connectivity index (χ0v) is 18.2. The third-order valence-electron chi connectivity index (χ3n) is 3.58. The Morgan fingerprint density at radius 3 is 2.40 bits per heavy atom. The van der Waals surface area contributed by atoms with E-state index in [1.54, 1.807) is 14.2 Å². The number of hydrogen-bond acceptors (Lipinski definition) is 4. The van der Waals surface area contributed by atoms with Crippen LogP contribution in [0, 0.1) is 6.92 Å². The molecule has 0 aliphatic heterocycles. The highest BCUT2D eigenvalue weighted by Gasteiger charge is 2.00. The van der Waals surface area contributed by atoms with Crippen molar-refractivity contribution in [2.45, 2.75) is 13.3 Å². The number of nitrogens with zero attached hydrogens (tertiary/aromatic N) is 2. The number of likely N-dealkylation sites (N-methyl/N-ethyl adjacent to an activating group) is 1. The number of guanidine groups is 1. The van der Waals surface area contributed by atoms with Crippen LogP contribution >= 0.6 is 24.0 Å². The van der Waals surface area contributed by atoms with Crippen molar-refractivity contribution in [3.8, 4) is 5.75 Å². The van der Waals surface area contributed by atoms with Crippen molar-refractivity contribution < 1.29 is 9.47 Å². The van der Waals surface area contributed by atoms with Gasteiger partial charge in [0.2, 0.25) is 0 Å². The first-order valence-electron chi connectivity index (χ1n) is 8.47. The summed E-state index contributed by atoms with van der Waals surface area (Å²) in [6.45, 7) is 7.02. The monoisotopic (exact) mass is 464 g/mol. The van der Waals surface area contributed by atoms with E-state index in [-0.39, 0.29) is 24.0 Å². The van der Waals surface area contributed by atoms with E-state index in [2.05, 4.69) is 34.5 Å². The molecule has 0 aromatic heterocycles. The van der Waals surface area contributed by atoms with Crippen LogP contribution in [0.25, 0.3) is 0 Å². The van der Waals surface area contributed by atoms with E-state index in [1.165, 1.54) is 5.56 Å². The van der Waals surface area contributed by atoms with E-state index >= 15 is 0 Å². The summed E-state index contributed by atoms with van der Waals surface area (Å²) in [6, 6.07) is 8.07. The second kappa shape index (κ2) is 15.2. The highest BCUT2D eigenvalue weighted by Crippen LogP contribution is 2.10. The highest BCUT2D eigenvalue weighted by molar-refractivity contribution is 14.0. The molecule has 0 amide bonds. The van der Waals surface area contributed by atoms with Crippen molar-refractivity contribution in [1.82, 2.24) is 15.5 Å². The topological polar surface area (TPSA) is 58.1 Å². The van der Waals surface area contributed by atoms with E-state index in [9.17, 15) is 0 Å². The molecular weight excluding hydrogens is 431 g/mol. The van der Waals surface area contributed by atoms with Gasteiger partial charge in [-0.1, -0.05) is 17.7 Å². The number of aliphatic imine (C=N–C) groups is 1. The molecule has 1 aromatic carbocycles. The van der Waals surface area contributed by atoms with Crippen LogP contribution < -0.4 is 15.4 Å². The van der Waals surface area contributed by atoms with Gasteiger partial charge in [0.15, 0.2) is 5.96 Å². The summed E-state index contributed by atoms with van der Waals surface area (Å²) in [6.07, 6.45) is 1.05. The SMILES string of the molecule is CN=C(NCCOc1ccc(C)cc1)NCCN(C)CCCOC.I. The number of rotatable bonds is 11. The molecule has 0 unspecified atom stereocenters. The summed E-state index contributed by atoms with van der Waals surface area (Å²) in [4.78, 5) is 6.49. The van der Waals surface area contributed by atoms with Gasteiger partial charge in [0.25, 0.3) is 0 Å². The zero-order chi connectivity index (χ0) is 17.6. The third kappa shape index (κ3) is 12.0. The fourth-order valence-corrected chi connectivity index (χ4v) is 2.15. The minimum absolute atomic E-state index is 0. The average molecular weight is 464 g/mol. The number of aryl methyl sites for hydroxylation is 1. The predicted molar refractivity (Wildman–Crippen MR) is 115 cm³/mol. The van der Waals surface area contributed by atoms with Gasteiger partial charge < -0.3 is 25.0 Å². The standard InChI is InChI=1S/C18H32N4O2.HI/c1-16-6-8-17(9-7-16)24-15-11-21-18(19-2)20-10-13-22(3)12-5-14-23-4;/h6-9H,5,10-15H2,1-4H3,(H2,19,20,21);1H. The molecule has 1 rings (SSSR count). The lowest BCUT2D eigenvalue weighted by atomic mass is 10.2. The Labute approximate surface area is 169 Å². The maximum atomic E-state index is 5.69. The first-order valence-corrected chi connectivity index (χ1v) is 8.47. The Morgan fingerprint density at radius 1 is 1.08 bits per heavy atom. The summed E-state index contributed by atoms with van der Waals surface area (Å²) >= 11 is 0. The van der Waals surface area contributed by atoms with Crippen molar-refractivity contribution in [3.63, 3.8) is 0 Å². The lowest BCUT2D eigenvalue weighted by molar-refractivity contribution is 0.180. The van der Waals surface area contributed by atoms with Crippen LogP contribution in [0.3, 0.4) is 0 Å². The van der Waals surface area contributed by atoms with Gasteiger partial charge in [0, 0.05) is 40.4 Å². The second-order valence-corrected chi connectivity index (χ2v) is 5.74. The Balaban J connectivity index is 0.00000576. The largest absolute Gasteiger partial charge is 0.492 e. The van der Waals surface area contributed by atoms with Gasteiger partial charge in [-0.15, -0.1) is 24.0 Å². The van der Waals surface area contributed by atoms with Crippen molar-refractivity contribution in [1.29, 1.82) is 0 Å². The van der Waals surface area contributed by atoms with Gasteiger partial charge >= 0.3 is 0 Å². The van der Waals surface area contributed by atoms with Gasteiger partial charge in [-0.2, -0.15) is 0 Å². The number of nitrogens with one attached hydrogen (secondary N) is 2. The molecule has 2 N–H and O–H groups in total. The van der Waals surface area contributed by atoms with E-state index in [0.29, 0.717) is 13.2 Å². The summed E-state index contributed by atoms with van der Waals surface area (Å²) in [5.74, 6) is 1.69. The van der Waals surface area contributed by atoms with Gasteiger partial charge in [-0.25, -0.2) is 0 Å². The molecule has 0 spiro atoms. The smallest absolute Gasteiger partial charge is 0.191 e. The number of ether oxygens (including phenoxy) is 2. The van der Waals surface area contributed by atoms with Crippen LogP contribution in [0.1, 0.15) is 12.0 Å². The van der Waals surface area contributed by atoms with Crippen molar-refractivity contribution in [2.75, 3.05) is 60.6 Å². The molecule has 0 heterocycles. The van der Waals surface area contributed by atoms with Gasteiger partial charge in [-0.05, 0) is 32.5 Å². The molecule has 1 aromatic rings. The number of halogens is 1. The summed E-state index contributed by atoms with van der Waals surface area (Å²) in [7, 11) is 5.63. The molecule has 0 aliphatic carbocycles. The number of methoxy groups -OCH3 is 1. The molecule has 0 atom stereocenters. The van der Waals surface area contributed by atoms with Crippen molar-refractivity contribution in [3.05, 3.63) is 29.8 Å². The lowest BCUT2D eigenvalue weighted by Crippen LogP contribution is -2.42. The molecule has 0 radical (unpaired) electrons. The predicted octanol–water partition coefficient (Wildman–Crippen LogP) is 2.13. The zero-order valence-electron chi connectivity index (χ0n) is 15.9. The number of hydrogen-bond donors (Lipinski definition) is 2. The van der Waals surface area contributed by atoms with Crippen molar-refractivity contribution >= 4 is 29.9 Å². The Hall–Kier alpha value is -1.06. The normalized spacial score (nSPS) is 11.2. The molecule has 0 saturated heterocycles. The van der Waals surface area contributed by atoms with Gasteiger partial charge in [-0.3, -0.25) is 4.99 Å². The second-order valence-electron chi connectivity index (χ2n) is 5.74. The third-order valence-corrected chi connectivity index (χ3v) is 3.58. The van der Waals surface area contributed by atoms with Crippen LogP contribution in [-0.4, -0.2) is 71.5 Å². The maximum absolute atomic E-state index is 5.69. The molecule has 0 saturated carbocycles. The number of benzene rings is 1. The van der Waals surface area contributed by atoms with E-state index < -0.39 is 0 Å². The van der Waals surface area contributed by atoms with E-state index in [0.717, 1.165) is 44.4 Å². The van der Waals surface area contributed by atoms with Crippen LogP contribution in [-0.2, 0) is 4.74 Å². The van der Waals surface area contributed by atoms with Gasteiger partial charge in [0.05, 0.1) is 6.54 Å². The lowest BCUT2D eigenvalue weighted by Gasteiger charge is -2.18. The minimum Gasteiger partial charge on any atom is -0.492 e. The summed E-state index contributed by atoms with van der Waals surface area (Å²) in [5, 5.41) is 6.56. The quantitative estimate of drug-likeness (QED) is 0.228. The van der Waals surface area contributed by atoms with Crippen LogP contribution in [0.5, 0.6) is 5.75 Å². The fourth-order valence-electron chi connectivity index (χ4n) is 2.15. The van der Waals surface area contributed by atoms with Crippen LogP contribution in [0.15, 0.2) is 29.3 Å². The highest BCUT2D eigenvalue weighted by atomic mass is 127. The molecule has 25 heavy (non-hydrogen) atoms. The van der Waals surface area contributed by atoms with Gasteiger partial charge in [0.1, 0.15) is 12.4 Å². The Kier molecular flexibility index (Phi) is 14.6. The molecule has 7 heteroatoms. The van der Waals surface area contributed by atoms with Crippen molar-refractivity contribution in [2.24, 2.45) is 4.99 Å². The first kappa shape index (κ1) is 23.9. The summed E-state index contributed by atoms with van der Waals surface area (Å²) < 4.78 is 10.7. The molecular formula is C18H33IN4O2. The van der Waals surface area contributed by atoms with E-state index in [1.807, 2.05) is 24.3 Å². The summed E-state index contributed by atoms with van der Waals surface area (Å²) in [5.41, 5.74) is 1.23. The molecule has 0 bridgehead atoms. The molecule has 144 valence electrons. The molecule has 6 nitrogen and oxygen atoms in total. The maximum Gasteiger partial charge on any atom is 0.191 e. The molecule has 0 aliphatic rings. The first-order chi connectivity index (χ1) is 11.7. The molecule has 0 fully saturated rings.